The Balaban J connectivity index is 2.32. The zero-order valence-electron chi connectivity index (χ0n) is 9.14. The predicted molar refractivity (Wildman–Crippen MR) is 62.6 cm³/mol. The van der Waals surface area contributed by atoms with Crippen LogP contribution in [-0.2, 0) is 6.42 Å². The molecule has 0 atom stereocenters. The fourth-order valence-corrected chi connectivity index (χ4v) is 2.05. The molecule has 0 amide bonds. The van der Waals surface area contributed by atoms with Gasteiger partial charge in [0.2, 0.25) is 0 Å². The first-order valence-corrected chi connectivity index (χ1v) is 5.54. The molecule has 2 N–H and O–H groups in total. The van der Waals surface area contributed by atoms with Crippen molar-refractivity contribution in [3.05, 3.63) is 28.3 Å². The molecule has 0 spiro atoms. The molecule has 0 bridgehead atoms. The van der Waals surface area contributed by atoms with E-state index in [2.05, 4.69) is 6.92 Å². The zero-order valence-corrected chi connectivity index (χ0v) is 9.90. The fraction of sp³-hybridized carbons (Fsp3) is 0.500. The van der Waals surface area contributed by atoms with Crippen molar-refractivity contribution in [2.24, 2.45) is 5.73 Å². The second kappa shape index (κ2) is 3.69. The molecular weight excluding hydrogens is 210 g/mol. The first-order chi connectivity index (χ1) is 7.04. The maximum atomic E-state index is 6.11. The summed E-state index contributed by atoms with van der Waals surface area (Å²) in [6, 6.07) is 3.84. The lowest BCUT2D eigenvalue weighted by Crippen LogP contribution is -2.24. The Labute approximate surface area is 95.4 Å². The highest BCUT2D eigenvalue weighted by Gasteiger charge is 2.38. The molecule has 2 rings (SSSR count). The van der Waals surface area contributed by atoms with E-state index in [1.807, 2.05) is 12.1 Å². The van der Waals surface area contributed by atoms with E-state index in [1.54, 1.807) is 7.11 Å². The number of methoxy groups -OCH3 is 1. The molecular formula is C12H16ClNO. The van der Waals surface area contributed by atoms with Crippen molar-refractivity contribution in [2.75, 3.05) is 7.11 Å². The van der Waals surface area contributed by atoms with Crippen LogP contribution in [0.15, 0.2) is 12.1 Å². The molecule has 1 aliphatic rings. The minimum Gasteiger partial charge on any atom is -0.496 e. The first kappa shape index (κ1) is 10.8. The summed E-state index contributed by atoms with van der Waals surface area (Å²) in [6.07, 6.45) is 3.12. The number of rotatable bonds is 3. The zero-order chi connectivity index (χ0) is 11.1. The minimum atomic E-state index is 0.0143. The van der Waals surface area contributed by atoms with Crippen LogP contribution in [0.25, 0.3) is 0 Å². The van der Waals surface area contributed by atoms with Gasteiger partial charge in [0.1, 0.15) is 5.75 Å². The van der Waals surface area contributed by atoms with Crippen LogP contribution < -0.4 is 10.5 Å². The van der Waals surface area contributed by atoms with Crippen LogP contribution in [0.3, 0.4) is 0 Å². The Morgan fingerprint density at radius 2 is 2.13 bits per heavy atom. The van der Waals surface area contributed by atoms with Gasteiger partial charge in [-0.25, -0.2) is 0 Å². The van der Waals surface area contributed by atoms with Crippen molar-refractivity contribution >= 4 is 11.6 Å². The molecule has 1 aliphatic carbocycles. The van der Waals surface area contributed by atoms with Gasteiger partial charge in [0.05, 0.1) is 7.11 Å². The normalized spacial score (nSPS) is 17.6. The van der Waals surface area contributed by atoms with Crippen LogP contribution in [0.2, 0.25) is 5.02 Å². The molecule has 0 aliphatic heterocycles. The maximum absolute atomic E-state index is 6.11. The highest BCUT2D eigenvalue weighted by Crippen LogP contribution is 2.38. The molecule has 0 radical (unpaired) electrons. The van der Waals surface area contributed by atoms with Crippen molar-refractivity contribution in [1.29, 1.82) is 0 Å². The Hall–Kier alpha value is -0.730. The highest BCUT2D eigenvalue weighted by atomic mass is 35.5. The van der Waals surface area contributed by atoms with E-state index in [-0.39, 0.29) is 5.54 Å². The smallest absolute Gasteiger partial charge is 0.123 e. The van der Waals surface area contributed by atoms with Crippen LogP contribution in [-0.4, -0.2) is 12.6 Å². The highest BCUT2D eigenvalue weighted by molar-refractivity contribution is 6.30. The molecule has 0 saturated heterocycles. The number of nitrogens with two attached hydrogens (primary N) is 1. The Morgan fingerprint density at radius 3 is 2.67 bits per heavy atom. The lowest BCUT2D eigenvalue weighted by molar-refractivity contribution is 0.410. The minimum absolute atomic E-state index is 0.0143. The van der Waals surface area contributed by atoms with Crippen molar-refractivity contribution in [1.82, 2.24) is 0 Å². The SMILES string of the molecule is COc1cc(Cl)cc(CC2(N)CC2)c1C. The molecule has 0 aromatic heterocycles. The van der Waals surface area contributed by atoms with Crippen LogP contribution >= 0.6 is 11.6 Å². The topological polar surface area (TPSA) is 35.2 Å². The third-order valence-corrected chi connectivity index (χ3v) is 3.31. The molecule has 0 unspecified atom stereocenters. The second-order valence-corrected chi connectivity index (χ2v) is 4.87. The van der Waals surface area contributed by atoms with Gasteiger partial charge in [-0.15, -0.1) is 0 Å². The molecule has 0 heterocycles. The Bertz CT molecular complexity index is 385. The van der Waals surface area contributed by atoms with E-state index in [0.29, 0.717) is 0 Å². The van der Waals surface area contributed by atoms with Gasteiger partial charge in [0, 0.05) is 10.6 Å². The number of ether oxygens (including phenoxy) is 1. The molecule has 2 nitrogen and oxygen atoms in total. The van der Waals surface area contributed by atoms with Gasteiger partial charge in [-0.3, -0.25) is 0 Å². The third kappa shape index (κ3) is 2.27. The summed E-state index contributed by atoms with van der Waals surface area (Å²) in [5.41, 5.74) is 8.48. The van der Waals surface area contributed by atoms with Crippen molar-refractivity contribution < 1.29 is 4.74 Å². The lowest BCUT2D eigenvalue weighted by Gasteiger charge is -2.14. The lowest BCUT2D eigenvalue weighted by atomic mass is 9.99. The number of halogens is 1. The molecule has 82 valence electrons. The summed E-state index contributed by atoms with van der Waals surface area (Å²) in [4.78, 5) is 0. The fourth-order valence-electron chi connectivity index (χ4n) is 1.82. The van der Waals surface area contributed by atoms with Gasteiger partial charge in [0.15, 0.2) is 0 Å². The van der Waals surface area contributed by atoms with Gasteiger partial charge in [0.25, 0.3) is 0 Å². The quantitative estimate of drug-likeness (QED) is 0.859. The van der Waals surface area contributed by atoms with Gasteiger partial charge in [-0.2, -0.15) is 0 Å². The number of benzene rings is 1. The van der Waals surface area contributed by atoms with E-state index < -0.39 is 0 Å². The van der Waals surface area contributed by atoms with Crippen LogP contribution in [0, 0.1) is 6.92 Å². The predicted octanol–water partition coefficient (Wildman–Crippen LogP) is 2.69. The summed E-state index contributed by atoms with van der Waals surface area (Å²) >= 11 is 6.03. The van der Waals surface area contributed by atoms with Gasteiger partial charge >= 0.3 is 0 Å². The first-order valence-electron chi connectivity index (χ1n) is 5.16. The van der Waals surface area contributed by atoms with Crippen molar-refractivity contribution in [3.63, 3.8) is 0 Å². The summed E-state index contributed by atoms with van der Waals surface area (Å²) in [6.45, 7) is 2.05. The van der Waals surface area contributed by atoms with E-state index in [4.69, 9.17) is 22.1 Å². The van der Waals surface area contributed by atoms with Crippen LogP contribution in [0.5, 0.6) is 5.75 Å². The number of hydrogen-bond donors (Lipinski definition) is 1. The molecule has 1 saturated carbocycles. The Morgan fingerprint density at radius 1 is 1.47 bits per heavy atom. The summed E-state index contributed by atoms with van der Waals surface area (Å²) in [7, 11) is 1.66. The van der Waals surface area contributed by atoms with Crippen LogP contribution in [0.1, 0.15) is 24.0 Å². The van der Waals surface area contributed by atoms with Crippen molar-refractivity contribution in [2.45, 2.75) is 31.7 Å². The van der Waals surface area contributed by atoms with Crippen molar-refractivity contribution in [3.8, 4) is 5.75 Å². The Kier molecular flexibility index (Phi) is 2.65. The number of hydrogen-bond acceptors (Lipinski definition) is 2. The van der Waals surface area contributed by atoms with E-state index in [0.717, 1.165) is 35.6 Å². The largest absolute Gasteiger partial charge is 0.496 e. The molecule has 15 heavy (non-hydrogen) atoms. The van der Waals surface area contributed by atoms with E-state index in [9.17, 15) is 0 Å². The molecule has 3 heteroatoms. The third-order valence-electron chi connectivity index (χ3n) is 3.09. The average molecular weight is 226 g/mol. The van der Waals surface area contributed by atoms with Gasteiger partial charge in [-0.05, 0) is 49.4 Å². The summed E-state index contributed by atoms with van der Waals surface area (Å²) in [5.74, 6) is 0.849. The standard InChI is InChI=1S/C12H16ClNO/c1-8-9(7-12(14)3-4-12)5-10(13)6-11(8)15-2/h5-6H,3-4,7,14H2,1-2H3. The molecule has 1 aromatic rings. The molecule has 1 fully saturated rings. The summed E-state index contributed by atoms with van der Waals surface area (Å²) in [5, 5.41) is 0.719. The monoisotopic (exact) mass is 225 g/mol. The van der Waals surface area contributed by atoms with Crippen LogP contribution in [0.4, 0.5) is 0 Å². The van der Waals surface area contributed by atoms with E-state index in [1.165, 1.54) is 5.56 Å². The summed E-state index contributed by atoms with van der Waals surface area (Å²) < 4.78 is 5.28. The molecule has 1 aromatic carbocycles. The average Bonchev–Trinajstić information content (AvgIpc) is 2.89. The van der Waals surface area contributed by atoms with E-state index >= 15 is 0 Å². The maximum Gasteiger partial charge on any atom is 0.123 e. The van der Waals surface area contributed by atoms with Gasteiger partial charge in [-0.1, -0.05) is 11.6 Å². The second-order valence-electron chi connectivity index (χ2n) is 4.43. The van der Waals surface area contributed by atoms with Gasteiger partial charge < -0.3 is 10.5 Å².